The summed E-state index contributed by atoms with van der Waals surface area (Å²) < 4.78 is 5.46. The number of benzene rings is 2. The minimum Gasteiger partial charge on any atom is -0.460 e. The number of hydrogen-bond donors (Lipinski definition) is 1. The van der Waals surface area contributed by atoms with E-state index in [-0.39, 0.29) is 18.4 Å². The van der Waals surface area contributed by atoms with Crippen molar-refractivity contribution < 1.29 is 14.6 Å². The van der Waals surface area contributed by atoms with Crippen molar-refractivity contribution in [3.63, 3.8) is 0 Å². The number of esters is 1. The Balaban J connectivity index is 1.75. The van der Waals surface area contributed by atoms with Crippen LogP contribution in [0.4, 0.5) is 0 Å². The summed E-state index contributed by atoms with van der Waals surface area (Å²) in [5.41, 5.74) is 0.821. The SMILES string of the molecule is CC(C)(C)OC(=O)C[C@@]1(O)CC[C@H]1N(Cc1ccccc1)Cc1ccccc1. The summed E-state index contributed by atoms with van der Waals surface area (Å²) in [4.78, 5) is 14.6. The molecule has 0 saturated heterocycles. The van der Waals surface area contributed by atoms with Crippen molar-refractivity contribution >= 4 is 5.97 Å². The molecule has 1 aliphatic carbocycles. The summed E-state index contributed by atoms with van der Waals surface area (Å²) in [6.07, 6.45) is 1.53. The first kappa shape index (κ1) is 20.6. The zero-order valence-electron chi connectivity index (χ0n) is 17.1. The average molecular weight is 382 g/mol. The Labute approximate surface area is 168 Å². The van der Waals surface area contributed by atoms with Crippen LogP contribution in [0.1, 0.15) is 51.2 Å². The van der Waals surface area contributed by atoms with Crippen LogP contribution in [0.15, 0.2) is 60.7 Å². The van der Waals surface area contributed by atoms with Crippen LogP contribution >= 0.6 is 0 Å². The first-order valence-electron chi connectivity index (χ1n) is 10.0. The monoisotopic (exact) mass is 381 g/mol. The fourth-order valence-electron chi connectivity index (χ4n) is 3.87. The molecule has 0 radical (unpaired) electrons. The zero-order valence-corrected chi connectivity index (χ0v) is 17.1. The Bertz CT molecular complexity index is 728. The Morgan fingerprint density at radius 2 is 1.54 bits per heavy atom. The van der Waals surface area contributed by atoms with E-state index in [1.54, 1.807) is 0 Å². The lowest BCUT2D eigenvalue weighted by atomic mass is 9.71. The van der Waals surface area contributed by atoms with E-state index < -0.39 is 11.2 Å². The first-order chi connectivity index (χ1) is 13.3. The maximum atomic E-state index is 12.4. The van der Waals surface area contributed by atoms with Crippen molar-refractivity contribution in [3.8, 4) is 0 Å². The molecule has 2 aromatic carbocycles. The molecule has 0 amide bonds. The number of carbonyl (C=O) groups excluding carboxylic acids is 1. The van der Waals surface area contributed by atoms with Crippen LogP contribution in [0.5, 0.6) is 0 Å². The predicted molar refractivity (Wildman–Crippen MR) is 111 cm³/mol. The summed E-state index contributed by atoms with van der Waals surface area (Å²) >= 11 is 0. The van der Waals surface area contributed by atoms with Crippen LogP contribution in [-0.2, 0) is 22.6 Å². The van der Waals surface area contributed by atoms with E-state index in [1.165, 1.54) is 11.1 Å². The molecular weight excluding hydrogens is 350 g/mol. The second-order valence-electron chi connectivity index (χ2n) is 8.80. The van der Waals surface area contributed by atoms with Gasteiger partial charge in [-0.2, -0.15) is 0 Å². The number of carbonyl (C=O) groups is 1. The van der Waals surface area contributed by atoms with Crippen LogP contribution in [0.3, 0.4) is 0 Å². The lowest BCUT2D eigenvalue weighted by Crippen LogP contribution is -2.60. The smallest absolute Gasteiger partial charge is 0.309 e. The molecule has 0 aliphatic heterocycles. The van der Waals surface area contributed by atoms with E-state index >= 15 is 0 Å². The van der Waals surface area contributed by atoms with Crippen LogP contribution in [0.25, 0.3) is 0 Å². The molecule has 4 heteroatoms. The highest BCUT2D eigenvalue weighted by molar-refractivity contribution is 5.71. The number of rotatable bonds is 7. The van der Waals surface area contributed by atoms with Gasteiger partial charge in [0.15, 0.2) is 0 Å². The number of hydrogen-bond acceptors (Lipinski definition) is 4. The molecule has 0 heterocycles. The standard InChI is InChI=1S/C24H31NO3/c1-23(2,3)28-22(26)16-24(27)15-14-21(24)25(17-19-10-6-4-7-11-19)18-20-12-8-5-9-13-20/h4-13,21,27H,14-18H2,1-3H3/t21-,24+/m1/s1. The van der Waals surface area contributed by atoms with Crippen molar-refractivity contribution in [1.82, 2.24) is 4.90 Å². The quantitative estimate of drug-likeness (QED) is 0.726. The van der Waals surface area contributed by atoms with Gasteiger partial charge in [-0.3, -0.25) is 9.69 Å². The van der Waals surface area contributed by atoms with E-state index in [2.05, 4.69) is 29.2 Å². The number of ether oxygens (including phenoxy) is 1. The Hall–Kier alpha value is -2.17. The van der Waals surface area contributed by atoms with Crippen molar-refractivity contribution in [2.75, 3.05) is 0 Å². The Morgan fingerprint density at radius 1 is 1.04 bits per heavy atom. The molecule has 0 unspecified atom stereocenters. The minimum atomic E-state index is -1.04. The third kappa shape index (κ3) is 5.43. The van der Waals surface area contributed by atoms with Crippen LogP contribution < -0.4 is 0 Å². The minimum absolute atomic E-state index is 0.0367. The molecule has 150 valence electrons. The van der Waals surface area contributed by atoms with Gasteiger partial charge >= 0.3 is 5.97 Å². The summed E-state index contributed by atoms with van der Waals surface area (Å²) in [5, 5.41) is 11.2. The van der Waals surface area contributed by atoms with Gasteiger partial charge in [0.1, 0.15) is 5.60 Å². The molecule has 0 spiro atoms. The van der Waals surface area contributed by atoms with E-state index in [0.29, 0.717) is 6.42 Å². The Morgan fingerprint density at radius 3 is 1.93 bits per heavy atom. The second-order valence-corrected chi connectivity index (χ2v) is 8.80. The highest BCUT2D eigenvalue weighted by Gasteiger charge is 2.50. The number of nitrogens with zero attached hydrogens (tertiary/aromatic N) is 1. The highest BCUT2D eigenvalue weighted by atomic mass is 16.6. The largest absolute Gasteiger partial charge is 0.460 e. The third-order valence-electron chi connectivity index (χ3n) is 5.24. The van der Waals surface area contributed by atoms with Gasteiger partial charge in [0.25, 0.3) is 0 Å². The fourth-order valence-corrected chi connectivity index (χ4v) is 3.87. The van der Waals surface area contributed by atoms with Crippen LogP contribution in [0, 0.1) is 0 Å². The molecule has 28 heavy (non-hydrogen) atoms. The van der Waals surface area contributed by atoms with Gasteiger partial charge < -0.3 is 9.84 Å². The van der Waals surface area contributed by atoms with Gasteiger partial charge in [-0.25, -0.2) is 0 Å². The summed E-state index contributed by atoms with van der Waals surface area (Å²) in [6, 6.07) is 20.5. The average Bonchev–Trinajstić information content (AvgIpc) is 2.61. The molecule has 0 bridgehead atoms. The lowest BCUT2D eigenvalue weighted by molar-refractivity contribution is -0.174. The normalized spacial score (nSPS) is 22.0. The molecule has 1 N–H and O–H groups in total. The van der Waals surface area contributed by atoms with Crippen molar-refractivity contribution in [1.29, 1.82) is 0 Å². The van der Waals surface area contributed by atoms with Crippen LogP contribution in [0.2, 0.25) is 0 Å². The molecule has 1 saturated carbocycles. The summed E-state index contributed by atoms with van der Waals surface area (Å²) in [7, 11) is 0. The van der Waals surface area contributed by atoms with Crippen molar-refractivity contribution in [2.45, 2.75) is 70.4 Å². The lowest BCUT2D eigenvalue weighted by Gasteiger charge is -2.50. The van der Waals surface area contributed by atoms with Crippen molar-refractivity contribution in [2.24, 2.45) is 0 Å². The molecule has 3 rings (SSSR count). The van der Waals surface area contributed by atoms with Gasteiger partial charge in [0, 0.05) is 19.1 Å². The van der Waals surface area contributed by atoms with E-state index in [0.717, 1.165) is 19.5 Å². The van der Waals surface area contributed by atoms with Gasteiger partial charge in [0.2, 0.25) is 0 Å². The van der Waals surface area contributed by atoms with Gasteiger partial charge in [-0.1, -0.05) is 60.7 Å². The van der Waals surface area contributed by atoms with Gasteiger partial charge in [-0.15, -0.1) is 0 Å². The maximum Gasteiger partial charge on any atom is 0.309 e. The van der Waals surface area contributed by atoms with E-state index in [4.69, 9.17) is 4.74 Å². The molecule has 1 aliphatic rings. The third-order valence-corrected chi connectivity index (χ3v) is 5.24. The highest BCUT2D eigenvalue weighted by Crippen LogP contribution is 2.41. The molecular formula is C24H31NO3. The van der Waals surface area contributed by atoms with E-state index in [9.17, 15) is 9.90 Å². The molecule has 4 nitrogen and oxygen atoms in total. The zero-order chi connectivity index (χ0) is 20.2. The first-order valence-corrected chi connectivity index (χ1v) is 10.0. The topological polar surface area (TPSA) is 49.8 Å². The molecule has 0 aromatic heterocycles. The fraction of sp³-hybridized carbons (Fsp3) is 0.458. The van der Waals surface area contributed by atoms with Crippen LogP contribution in [-0.4, -0.2) is 33.2 Å². The number of aliphatic hydroxyl groups is 1. The van der Waals surface area contributed by atoms with Gasteiger partial charge in [0.05, 0.1) is 12.0 Å². The molecule has 2 aromatic rings. The van der Waals surface area contributed by atoms with E-state index in [1.807, 2.05) is 57.2 Å². The summed E-state index contributed by atoms with van der Waals surface area (Å²) in [6.45, 7) is 7.02. The van der Waals surface area contributed by atoms with Gasteiger partial charge in [-0.05, 0) is 44.7 Å². The predicted octanol–water partition coefficient (Wildman–Crippen LogP) is 4.31. The molecule has 1 fully saturated rings. The summed E-state index contributed by atoms with van der Waals surface area (Å²) in [5.74, 6) is -0.334. The Kier molecular flexibility index (Phi) is 6.21. The molecule has 2 atom stereocenters. The van der Waals surface area contributed by atoms with Crippen molar-refractivity contribution in [3.05, 3.63) is 71.8 Å². The second kappa shape index (κ2) is 8.46. The maximum absolute atomic E-state index is 12.4.